The quantitative estimate of drug-likeness (QED) is 0.807. The van der Waals surface area contributed by atoms with Crippen LogP contribution in [0.2, 0.25) is 0 Å². The number of halogens is 2. The molecular weight excluding hydrogens is 224 g/mol. The zero-order valence-electron chi connectivity index (χ0n) is 10.5. The summed E-state index contributed by atoms with van der Waals surface area (Å²) in [5, 5.41) is 0. The first-order valence-electron chi connectivity index (χ1n) is 6.50. The van der Waals surface area contributed by atoms with Crippen LogP contribution in [0.3, 0.4) is 0 Å². The van der Waals surface area contributed by atoms with Gasteiger partial charge in [-0.25, -0.2) is 8.78 Å². The Kier molecular flexibility index (Phi) is 4.00. The zero-order valence-corrected chi connectivity index (χ0v) is 10.5. The Morgan fingerprint density at radius 3 is 2.71 bits per heavy atom. The average Bonchev–Trinajstić information content (AvgIpc) is 2.61. The first-order chi connectivity index (χ1) is 8.00. The molecule has 1 aliphatic carbocycles. The molecule has 2 atom stereocenters. The van der Waals surface area contributed by atoms with E-state index in [0.717, 1.165) is 26.2 Å². The Hall–Kier alpha value is -0.260. The van der Waals surface area contributed by atoms with Gasteiger partial charge >= 0.3 is 0 Å². The fourth-order valence-corrected chi connectivity index (χ4v) is 3.04. The van der Waals surface area contributed by atoms with Crippen LogP contribution < -0.4 is 5.73 Å². The molecule has 2 rings (SSSR count). The molecule has 0 radical (unpaired) electrons. The Labute approximate surface area is 102 Å². The summed E-state index contributed by atoms with van der Waals surface area (Å²) in [5.74, 6) is -2.27. The van der Waals surface area contributed by atoms with E-state index in [4.69, 9.17) is 5.73 Å². The van der Waals surface area contributed by atoms with E-state index in [1.54, 1.807) is 0 Å². The Bertz CT molecular complexity index is 260. The van der Waals surface area contributed by atoms with Gasteiger partial charge in [0.25, 0.3) is 0 Å². The van der Waals surface area contributed by atoms with E-state index in [9.17, 15) is 8.78 Å². The lowest BCUT2D eigenvalue weighted by Gasteiger charge is -2.40. The number of rotatable bonds is 3. The summed E-state index contributed by atoms with van der Waals surface area (Å²) in [5.41, 5.74) is 5.77. The molecule has 1 saturated carbocycles. The minimum absolute atomic E-state index is 0.0661. The van der Waals surface area contributed by atoms with Crippen molar-refractivity contribution in [3.05, 3.63) is 0 Å². The van der Waals surface area contributed by atoms with Crippen LogP contribution in [0.25, 0.3) is 0 Å². The molecule has 1 saturated heterocycles. The highest BCUT2D eigenvalue weighted by Gasteiger charge is 2.40. The monoisotopic (exact) mass is 247 g/mol. The highest BCUT2D eigenvalue weighted by molar-refractivity contribution is 4.87. The first kappa shape index (κ1) is 13.2. The highest BCUT2D eigenvalue weighted by Crippen LogP contribution is 2.39. The second-order valence-corrected chi connectivity index (χ2v) is 5.61. The molecule has 100 valence electrons. The SMILES string of the molecule is CN1CCN(CC2CCC(F)(F)C2)C(CN)C1. The minimum atomic E-state index is -2.42. The number of nitrogens with two attached hydrogens (primary N) is 1. The Balaban J connectivity index is 1.86. The maximum atomic E-state index is 13.1. The number of alkyl halides is 2. The van der Waals surface area contributed by atoms with Gasteiger partial charge in [0.15, 0.2) is 0 Å². The van der Waals surface area contributed by atoms with Crippen LogP contribution in [0, 0.1) is 5.92 Å². The lowest BCUT2D eigenvalue weighted by atomic mass is 10.0. The molecule has 0 amide bonds. The number of piperazine rings is 1. The van der Waals surface area contributed by atoms with Crippen LogP contribution in [0.4, 0.5) is 8.78 Å². The largest absolute Gasteiger partial charge is 0.329 e. The third-order valence-electron chi connectivity index (χ3n) is 4.08. The lowest BCUT2D eigenvalue weighted by molar-refractivity contribution is 0.000845. The van der Waals surface area contributed by atoms with Crippen molar-refractivity contribution < 1.29 is 8.78 Å². The normalized spacial score (nSPS) is 35.3. The van der Waals surface area contributed by atoms with Crippen LogP contribution in [0.5, 0.6) is 0 Å². The van der Waals surface area contributed by atoms with Crippen molar-refractivity contribution in [3.63, 3.8) is 0 Å². The second kappa shape index (κ2) is 5.16. The molecule has 2 aliphatic rings. The summed E-state index contributed by atoms with van der Waals surface area (Å²) in [6.07, 6.45) is 0.798. The van der Waals surface area contributed by atoms with E-state index < -0.39 is 5.92 Å². The Morgan fingerprint density at radius 1 is 1.35 bits per heavy atom. The van der Waals surface area contributed by atoms with Gasteiger partial charge < -0.3 is 10.6 Å². The zero-order chi connectivity index (χ0) is 12.5. The molecule has 0 aromatic rings. The van der Waals surface area contributed by atoms with E-state index in [-0.39, 0.29) is 18.8 Å². The van der Waals surface area contributed by atoms with Gasteiger partial charge in [-0.15, -0.1) is 0 Å². The third kappa shape index (κ3) is 3.36. The van der Waals surface area contributed by atoms with Crippen molar-refractivity contribution in [2.45, 2.75) is 31.2 Å². The number of hydrogen-bond acceptors (Lipinski definition) is 3. The summed E-state index contributed by atoms with van der Waals surface area (Å²) in [4.78, 5) is 4.57. The molecule has 17 heavy (non-hydrogen) atoms. The fourth-order valence-electron chi connectivity index (χ4n) is 3.04. The molecule has 1 aliphatic heterocycles. The van der Waals surface area contributed by atoms with Crippen molar-refractivity contribution >= 4 is 0 Å². The molecule has 2 N–H and O–H groups in total. The number of nitrogens with zero attached hydrogens (tertiary/aromatic N) is 2. The first-order valence-corrected chi connectivity index (χ1v) is 6.50. The smallest absolute Gasteiger partial charge is 0.248 e. The molecule has 1 heterocycles. The summed E-state index contributed by atoms with van der Waals surface area (Å²) >= 11 is 0. The molecule has 0 aromatic carbocycles. The van der Waals surface area contributed by atoms with Crippen molar-refractivity contribution in [3.8, 4) is 0 Å². The average molecular weight is 247 g/mol. The third-order valence-corrected chi connectivity index (χ3v) is 4.08. The highest BCUT2D eigenvalue weighted by atomic mass is 19.3. The summed E-state index contributed by atoms with van der Waals surface area (Å²) < 4.78 is 26.3. The molecule has 5 heteroatoms. The maximum Gasteiger partial charge on any atom is 0.248 e. The molecule has 3 nitrogen and oxygen atoms in total. The van der Waals surface area contributed by atoms with E-state index in [2.05, 4.69) is 16.8 Å². The maximum absolute atomic E-state index is 13.1. The van der Waals surface area contributed by atoms with Crippen molar-refractivity contribution in [2.75, 3.05) is 39.8 Å². The van der Waals surface area contributed by atoms with E-state index in [0.29, 0.717) is 19.0 Å². The van der Waals surface area contributed by atoms with Gasteiger partial charge in [-0.3, -0.25) is 4.90 Å². The van der Waals surface area contributed by atoms with Gasteiger partial charge in [0.05, 0.1) is 0 Å². The van der Waals surface area contributed by atoms with Crippen LogP contribution in [-0.2, 0) is 0 Å². The van der Waals surface area contributed by atoms with E-state index in [1.165, 1.54) is 0 Å². The van der Waals surface area contributed by atoms with E-state index >= 15 is 0 Å². The molecular formula is C12H23F2N3. The van der Waals surface area contributed by atoms with Gasteiger partial charge in [-0.05, 0) is 19.4 Å². The molecule has 0 bridgehead atoms. The van der Waals surface area contributed by atoms with Gasteiger partial charge in [0.2, 0.25) is 5.92 Å². The van der Waals surface area contributed by atoms with Crippen LogP contribution in [0.15, 0.2) is 0 Å². The predicted molar refractivity (Wildman–Crippen MR) is 64.2 cm³/mol. The van der Waals surface area contributed by atoms with Gasteiger partial charge in [0.1, 0.15) is 0 Å². The molecule has 2 unspecified atom stereocenters. The lowest BCUT2D eigenvalue weighted by Crippen LogP contribution is -2.55. The van der Waals surface area contributed by atoms with E-state index in [1.807, 2.05) is 0 Å². The van der Waals surface area contributed by atoms with Crippen molar-refractivity contribution in [1.82, 2.24) is 9.80 Å². The molecule has 0 aromatic heterocycles. The van der Waals surface area contributed by atoms with Gasteiger partial charge in [-0.1, -0.05) is 0 Å². The van der Waals surface area contributed by atoms with Crippen molar-refractivity contribution in [1.29, 1.82) is 0 Å². The predicted octanol–water partition coefficient (Wildman–Crippen LogP) is 0.996. The summed E-state index contributed by atoms with van der Waals surface area (Å²) in [7, 11) is 2.09. The van der Waals surface area contributed by atoms with Crippen LogP contribution in [0.1, 0.15) is 19.3 Å². The molecule has 2 fully saturated rings. The van der Waals surface area contributed by atoms with Crippen LogP contribution in [-0.4, -0.2) is 61.5 Å². The molecule has 0 spiro atoms. The second-order valence-electron chi connectivity index (χ2n) is 5.61. The Morgan fingerprint density at radius 2 is 2.12 bits per heavy atom. The van der Waals surface area contributed by atoms with Gasteiger partial charge in [0, 0.05) is 51.6 Å². The van der Waals surface area contributed by atoms with Gasteiger partial charge in [-0.2, -0.15) is 0 Å². The fraction of sp³-hybridized carbons (Fsp3) is 1.00. The summed E-state index contributed by atoms with van der Waals surface area (Å²) in [6.45, 7) is 4.35. The van der Waals surface area contributed by atoms with Crippen LogP contribution >= 0.6 is 0 Å². The number of hydrogen-bond donors (Lipinski definition) is 1. The number of likely N-dealkylation sites (N-methyl/N-ethyl adjacent to an activating group) is 1. The summed E-state index contributed by atoms with van der Waals surface area (Å²) in [6, 6.07) is 0.336. The van der Waals surface area contributed by atoms with Crippen molar-refractivity contribution in [2.24, 2.45) is 11.7 Å². The standard InChI is InChI=1S/C12H23F2N3/c1-16-4-5-17(11(7-15)9-16)8-10-2-3-12(13,14)6-10/h10-11H,2-9,15H2,1H3. The minimum Gasteiger partial charge on any atom is -0.329 e. The topological polar surface area (TPSA) is 32.5 Å².